The van der Waals surface area contributed by atoms with Crippen molar-refractivity contribution >= 4 is 5.91 Å². The molecule has 1 heterocycles. The van der Waals surface area contributed by atoms with Crippen LogP contribution in [0, 0.1) is 0 Å². The average Bonchev–Trinajstić information content (AvgIpc) is 2.94. The van der Waals surface area contributed by atoms with Gasteiger partial charge in [0.25, 0.3) is 5.91 Å². The summed E-state index contributed by atoms with van der Waals surface area (Å²) in [6.45, 7) is 4.10. The molecule has 0 aliphatic heterocycles. The fourth-order valence-corrected chi connectivity index (χ4v) is 3.36. The van der Waals surface area contributed by atoms with Crippen LogP contribution in [0.2, 0.25) is 0 Å². The second-order valence-electron chi connectivity index (χ2n) is 7.26. The van der Waals surface area contributed by atoms with Gasteiger partial charge in [-0.05, 0) is 56.7 Å². The summed E-state index contributed by atoms with van der Waals surface area (Å²) in [4.78, 5) is 16.0. The third-order valence-corrected chi connectivity index (χ3v) is 4.81. The van der Waals surface area contributed by atoms with Gasteiger partial charge in [0.05, 0.1) is 12.7 Å². The highest BCUT2D eigenvalue weighted by atomic mass is 16.5. The predicted molar refractivity (Wildman–Crippen MR) is 95.6 cm³/mol. The summed E-state index contributed by atoms with van der Waals surface area (Å²) in [7, 11) is 1.68. The largest absolute Gasteiger partial charge is 0.496 e. The van der Waals surface area contributed by atoms with Gasteiger partial charge in [-0.1, -0.05) is 24.6 Å². The third kappa shape index (κ3) is 3.48. The molecule has 1 fully saturated rings. The molecule has 0 atom stereocenters. The molecule has 128 valence electrons. The molecule has 1 aliphatic carbocycles. The van der Waals surface area contributed by atoms with E-state index in [1.165, 1.54) is 19.3 Å². The summed E-state index contributed by atoms with van der Waals surface area (Å²) in [6.07, 6.45) is 6.18. The molecule has 0 unspecified atom stereocenters. The summed E-state index contributed by atoms with van der Waals surface area (Å²) in [6, 6.07) is 9.84. The lowest BCUT2D eigenvalue weighted by Crippen LogP contribution is -2.45. The molecule has 4 nitrogen and oxygen atoms in total. The van der Waals surface area contributed by atoms with Crippen LogP contribution in [0.5, 0.6) is 5.75 Å². The van der Waals surface area contributed by atoms with E-state index in [2.05, 4.69) is 10.3 Å². The lowest BCUT2D eigenvalue weighted by atomic mass is 9.81. The lowest BCUT2D eigenvalue weighted by Gasteiger charge is -2.29. The van der Waals surface area contributed by atoms with E-state index in [1.807, 2.05) is 50.4 Å². The van der Waals surface area contributed by atoms with Crippen molar-refractivity contribution in [3.8, 4) is 5.75 Å². The first kappa shape index (κ1) is 16.6. The van der Waals surface area contributed by atoms with Crippen molar-refractivity contribution in [2.24, 2.45) is 0 Å². The standard InChI is InChI=1S/C20H26N2O2/c1-20(2,13-15-7-4-5-10-17(15)24-3)22-19(23)16-11-12-21-18(16)14-8-6-9-14/h4-5,7,10-12,14,21H,6,8-9,13H2,1-3H3,(H,22,23). The highest BCUT2D eigenvalue weighted by molar-refractivity contribution is 5.96. The number of amides is 1. The number of para-hydroxylation sites is 1. The van der Waals surface area contributed by atoms with Crippen LogP contribution in [0.3, 0.4) is 0 Å². The maximum absolute atomic E-state index is 12.8. The summed E-state index contributed by atoms with van der Waals surface area (Å²) in [5, 5.41) is 3.19. The number of H-pyrrole nitrogens is 1. The Morgan fingerprint density at radius 2 is 2.04 bits per heavy atom. The van der Waals surface area contributed by atoms with Gasteiger partial charge in [0, 0.05) is 17.4 Å². The molecule has 1 saturated carbocycles. The minimum Gasteiger partial charge on any atom is -0.496 e. The highest BCUT2D eigenvalue weighted by Crippen LogP contribution is 2.37. The zero-order valence-electron chi connectivity index (χ0n) is 14.7. The summed E-state index contributed by atoms with van der Waals surface area (Å²) < 4.78 is 5.42. The fraction of sp³-hybridized carbons (Fsp3) is 0.450. The number of methoxy groups -OCH3 is 1. The van der Waals surface area contributed by atoms with Gasteiger partial charge in [-0.15, -0.1) is 0 Å². The zero-order valence-corrected chi connectivity index (χ0v) is 14.7. The van der Waals surface area contributed by atoms with E-state index >= 15 is 0 Å². The Morgan fingerprint density at radius 3 is 2.71 bits per heavy atom. The molecule has 0 spiro atoms. The maximum atomic E-state index is 12.8. The smallest absolute Gasteiger partial charge is 0.253 e. The van der Waals surface area contributed by atoms with Crippen LogP contribution in [0.25, 0.3) is 0 Å². The number of carbonyl (C=O) groups is 1. The molecule has 1 aliphatic rings. The molecular formula is C20H26N2O2. The maximum Gasteiger partial charge on any atom is 0.253 e. The summed E-state index contributed by atoms with van der Waals surface area (Å²) >= 11 is 0. The Morgan fingerprint density at radius 1 is 1.29 bits per heavy atom. The van der Waals surface area contributed by atoms with E-state index in [0.29, 0.717) is 12.3 Å². The van der Waals surface area contributed by atoms with E-state index in [1.54, 1.807) is 7.11 Å². The highest BCUT2D eigenvalue weighted by Gasteiger charge is 2.28. The molecule has 0 bridgehead atoms. The van der Waals surface area contributed by atoms with Crippen molar-refractivity contribution in [2.45, 2.75) is 51.0 Å². The summed E-state index contributed by atoms with van der Waals surface area (Å²) in [5.41, 5.74) is 2.61. The van der Waals surface area contributed by atoms with Crippen molar-refractivity contribution in [1.82, 2.24) is 10.3 Å². The number of rotatable bonds is 6. The van der Waals surface area contributed by atoms with E-state index in [9.17, 15) is 4.79 Å². The van der Waals surface area contributed by atoms with Gasteiger partial charge in [0.1, 0.15) is 5.75 Å². The van der Waals surface area contributed by atoms with Gasteiger partial charge in [0.2, 0.25) is 0 Å². The Kier molecular flexibility index (Phi) is 4.65. The van der Waals surface area contributed by atoms with Crippen LogP contribution < -0.4 is 10.1 Å². The van der Waals surface area contributed by atoms with Crippen LogP contribution in [0.4, 0.5) is 0 Å². The van der Waals surface area contributed by atoms with Gasteiger partial charge in [-0.2, -0.15) is 0 Å². The molecule has 2 N–H and O–H groups in total. The number of ether oxygens (including phenoxy) is 1. The van der Waals surface area contributed by atoms with Gasteiger partial charge < -0.3 is 15.0 Å². The second-order valence-corrected chi connectivity index (χ2v) is 7.26. The normalized spacial score (nSPS) is 15.0. The predicted octanol–water partition coefficient (Wildman–Crippen LogP) is 4.04. The number of nitrogens with one attached hydrogen (secondary N) is 2. The van der Waals surface area contributed by atoms with Crippen LogP contribution in [-0.4, -0.2) is 23.5 Å². The quantitative estimate of drug-likeness (QED) is 0.841. The number of aromatic nitrogens is 1. The molecule has 1 aromatic carbocycles. The monoisotopic (exact) mass is 326 g/mol. The first-order valence-electron chi connectivity index (χ1n) is 8.62. The van der Waals surface area contributed by atoms with Gasteiger partial charge >= 0.3 is 0 Å². The van der Waals surface area contributed by atoms with Crippen molar-refractivity contribution in [3.63, 3.8) is 0 Å². The van der Waals surface area contributed by atoms with Crippen LogP contribution in [0.15, 0.2) is 36.5 Å². The zero-order chi connectivity index (χ0) is 17.2. The topological polar surface area (TPSA) is 54.1 Å². The lowest BCUT2D eigenvalue weighted by molar-refractivity contribution is 0.0910. The van der Waals surface area contributed by atoms with Gasteiger partial charge in [0.15, 0.2) is 0 Å². The Balaban J connectivity index is 1.72. The van der Waals surface area contributed by atoms with E-state index in [0.717, 1.165) is 22.6 Å². The van der Waals surface area contributed by atoms with Crippen LogP contribution in [0.1, 0.15) is 60.6 Å². The second kappa shape index (κ2) is 6.71. The Bertz CT molecular complexity index is 714. The fourth-order valence-electron chi connectivity index (χ4n) is 3.36. The number of hydrogen-bond donors (Lipinski definition) is 2. The molecule has 0 saturated heterocycles. The molecule has 4 heteroatoms. The minimum absolute atomic E-state index is 0.00181. The van der Waals surface area contributed by atoms with Gasteiger partial charge in [-0.25, -0.2) is 0 Å². The SMILES string of the molecule is COc1ccccc1CC(C)(C)NC(=O)c1cc[nH]c1C1CCC1. The summed E-state index contributed by atoms with van der Waals surface area (Å²) in [5.74, 6) is 1.37. The molecule has 3 rings (SSSR count). The van der Waals surface area contributed by atoms with Gasteiger partial charge in [-0.3, -0.25) is 4.79 Å². The van der Waals surface area contributed by atoms with Crippen LogP contribution in [-0.2, 0) is 6.42 Å². The van der Waals surface area contributed by atoms with E-state index in [4.69, 9.17) is 4.74 Å². The van der Waals surface area contributed by atoms with Crippen LogP contribution >= 0.6 is 0 Å². The van der Waals surface area contributed by atoms with E-state index < -0.39 is 0 Å². The number of aromatic amines is 1. The van der Waals surface area contributed by atoms with Crippen molar-refractivity contribution < 1.29 is 9.53 Å². The molecular weight excluding hydrogens is 300 g/mol. The molecule has 1 amide bonds. The first-order valence-corrected chi connectivity index (χ1v) is 8.62. The number of benzene rings is 1. The molecule has 2 aromatic rings. The average molecular weight is 326 g/mol. The van der Waals surface area contributed by atoms with Crippen molar-refractivity contribution in [1.29, 1.82) is 0 Å². The Labute approximate surface area is 143 Å². The third-order valence-electron chi connectivity index (χ3n) is 4.81. The van der Waals surface area contributed by atoms with E-state index in [-0.39, 0.29) is 11.4 Å². The van der Waals surface area contributed by atoms with Crippen molar-refractivity contribution in [2.75, 3.05) is 7.11 Å². The first-order chi connectivity index (χ1) is 11.5. The molecule has 24 heavy (non-hydrogen) atoms. The number of carbonyl (C=O) groups excluding carboxylic acids is 1. The number of hydrogen-bond acceptors (Lipinski definition) is 2. The minimum atomic E-state index is -0.361. The molecule has 1 aromatic heterocycles. The molecule has 0 radical (unpaired) electrons. The van der Waals surface area contributed by atoms with Crippen molar-refractivity contribution in [3.05, 3.63) is 53.3 Å². The Hall–Kier alpha value is -2.23.